The Labute approximate surface area is 151 Å². The number of likely N-dealkylation sites (tertiary alicyclic amines) is 1. The molecule has 25 heavy (non-hydrogen) atoms. The SMILES string of the molecule is CCNC(=NCCc1c(C)noc1C)N1CCCC2(CCCOC2)C1. The number of nitrogens with zero attached hydrogens (tertiary/aromatic N) is 3. The van der Waals surface area contributed by atoms with Crippen LogP contribution in [-0.4, -0.2) is 55.4 Å². The molecule has 3 heterocycles. The molecule has 0 amide bonds. The molecular formula is C19H32N4O2. The first kappa shape index (κ1) is 18.2. The van der Waals surface area contributed by atoms with Crippen molar-refractivity contribution in [3.05, 3.63) is 17.0 Å². The summed E-state index contributed by atoms with van der Waals surface area (Å²) in [5.41, 5.74) is 2.50. The van der Waals surface area contributed by atoms with Crippen molar-refractivity contribution >= 4 is 5.96 Å². The first-order valence-electron chi connectivity index (χ1n) is 9.66. The van der Waals surface area contributed by atoms with E-state index in [-0.39, 0.29) is 0 Å². The standard InChI is InChI=1S/C19H32N4O2/c1-4-20-18(21-10-7-17-15(2)22-25-16(17)3)23-11-5-8-19(13-23)9-6-12-24-14-19/h4-14H2,1-3H3,(H,20,21). The van der Waals surface area contributed by atoms with Crippen molar-refractivity contribution < 1.29 is 9.26 Å². The number of hydrogen-bond donors (Lipinski definition) is 1. The topological polar surface area (TPSA) is 62.9 Å². The fraction of sp³-hybridized carbons (Fsp3) is 0.789. The van der Waals surface area contributed by atoms with Crippen LogP contribution in [0.5, 0.6) is 0 Å². The smallest absolute Gasteiger partial charge is 0.193 e. The molecule has 0 aromatic carbocycles. The van der Waals surface area contributed by atoms with Crippen LogP contribution in [0.15, 0.2) is 9.52 Å². The lowest BCUT2D eigenvalue weighted by molar-refractivity contribution is -0.0370. The fourth-order valence-corrected chi connectivity index (χ4v) is 4.18. The zero-order valence-corrected chi connectivity index (χ0v) is 15.9. The Bertz CT molecular complexity index is 565. The maximum atomic E-state index is 5.80. The summed E-state index contributed by atoms with van der Waals surface area (Å²) in [5.74, 6) is 1.95. The normalized spacial score (nSPS) is 24.8. The van der Waals surface area contributed by atoms with Crippen molar-refractivity contribution in [1.82, 2.24) is 15.4 Å². The molecular weight excluding hydrogens is 316 g/mol. The molecule has 2 aliphatic rings. The summed E-state index contributed by atoms with van der Waals surface area (Å²) in [5, 5.41) is 7.51. The number of nitrogens with one attached hydrogen (secondary N) is 1. The number of rotatable bonds is 4. The van der Waals surface area contributed by atoms with E-state index in [9.17, 15) is 0 Å². The van der Waals surface area contributed by atoms with E-state index in [0.29, 0.717) is 5.41 Å². The second-order valence-electron chi connectivity index (χ2n) is 7.47. The van der Waals surface area contributed by atoms with Crippen LogP contribution in [0.3, 0.4) is 0 Å². The predicted molar refractivity (Wildman–Crippen MR) is 99.0 cm³/mol. The highest BCUT2D eigenvalue weighted by Gasteiger charge is 2.38. The van der Waals surface area contributed by atoms with Crippen molar-refractivity contribution in [2.75, 3.05) is 39.4 Å². The van der Waals surface area contributed by atoms with Crippen LogP contribution < -0.4 is 5.32 Å². The summed E-state index contributed by atoms with van der Waals surface area (Å²) < 4.78 is 11.1. The van der Waals surface area contributed by atoms with Crippen LogP contribution in [0.4, 0.5) is 0 Å². The molecule has 1 aromatic heterocycles. The minimum absolute atomic E-state index is 0.328. The van der Waals surface area contributed by atoms with Crippen molar-refractivity contribution in [2.45, 2.75) is 52.9 Å². The lowest BCUT2D eigenvalue weighted by atomic mass is 9.76. The van der Waals surface area contributed by atoms with Gasteiger partial charge in [-0.15, -0.1) is 0 Å². The van der Waals surface area contributed by atoms with Crippen LogP contribution in [0.2, 0.25) is 0 Å². The zero-order valence-electron chi connectivity index (χ0n) is 15.9. The first-order chi connectivity index (χ1) is 12.1. The van der Waals surface area contributed by atoms with Gasteiger partial charge in [-0.25, -0.2) is 0 Å². The maximum Gasteiger partial charge on any atom is 0.193 e. The Kier molecular flexibility index (Phi) is 5.99. The van der Waals surface area contributed by atoms with E-state index >= 15 is 0 Å². The summed E-state index contributed by atoms with van der Waals surface area (Å²) in [7, 11) is 0. The molecule has 1 N–H and O–H groups in total. The summed E-state index contributed by atoms with van der Waals surface area (Å²) >= 11 is 0. The van der Waals surface area contributed by atoms with Crippen molar-refractivity contribution in [3.8, 4) is 0 Å². The van der Waals surface area contributed by atoms with Crippen molar-refractivity contribution in [3.63, 3.8) is 0 Å². The maximum absolute atomic E-state index is 5.80. The predicted octanol–water partition coefficient (Wildman–Crippen LogP) is 2.69. The summed E-state index contributed by atoms with van der Waals surface area (Å²) in [6.45, 7) is 11.7. The third-order valence-corrected chi connectivity index (χ3v) is 5.50. The summed E-state index contributed by atoms with van der Waals surface area (Å²) in [4.78, 5) is 7.33. The second kappa shape index (κ2) is 8.21. The summed E-state index contributed by atoms with van der Waals surface area (Å²) in [6, 6.07) is 0. The van der Waals surface area contributed by atoms with E-state index < -0.39 is 0 Å². The van der Waals surface area contributed by atoms with E-state index in [1.165, 1.54) is 31.2 Å². The Balaban J connectivity index is 1.65. The zero-order chi connectivity index (χ0) is 17.7. The van der Waals surface area contributed by atoms with Crippen LogP contribution in [-0.2, 0) is 11.2 Å². The number of aromatic nitrogens is 1. The van der Waals surface area contributed by atoms with Crippen LogP contribution in [0, 0.1) is 19.3 Å². The molecule has 1 atom stereocenters. The highest BCUT2D eigenvalue weighted by atomic mass is 16.5. The van der Waals surface area contributed by atoms with Gasteiger partial charge in [-0.2, -0.15) is 0 Å². The largest absolute Gasteiger partial charge is 0.381 e. The monoisotopic (exact) mass is 348 g/mol. The van der Waals surface area contributed by atoms with Gasteiger partial charge in [-0.1, -0.05) is 5.16 Å². The number of aryl methyl sites for hydroxylation is 2. The van der Waals surface area contributed by atoms with Crippen LogP contribution in [0.25, 0.3) is 0 Å². The highest BCUT2D eigenvalue weighted by molar-refractivity contribution is 5.80. The molecule has 1 spiro atoms. The number of aliphatic imine (C=N–C) groups is 1. The number of ether oxygens (including phenoxy) is 1. The minimum atomic E-state index is 0.328. The molecule has 6 nitrogen and oxygen atoms in total. The van der Waals surface area contributed by atoms with Gasteiger partial charge in [0.15, 0.2) is 5.96 Å². The molecule has 1 aromatic rings. The second-order valence-corrected chi connectivity index (χ2v) is 7.47. The highest BCUT2D eigenvalue weighted by Crippen LogP contribution is 2.37. The van der Waals surface area contributed by atoms with Gasteiger partial charge < -0.3 is 19.5 Å². The Hall–Kier alpha value is -1.56. The van der Waals surface area contributed by atoms with E-state index in [0.717, 1.165) is 63.2 Å². The molecule has 2 saturated heterocycles. The third-order valence-electron chi connectivity index (χ3n) is 5.50. The van der Waals surface area contributed by atoms with Gasteiger partial charge in [-0.05, 0) is 52.9 Å². The van der Waals surface area contributed by atoms with Crippen molar-refractivity contribution in [2.24, 2.45) is 10.4 Å². The van der Waals surface area contributed by atoms with E-state index in [2.05, 4.69) is 22.3 Å². The molecule has 3 rings (SSSR count). The van der Waals surface area contributed by atoms with Gasteiger partial charge in [-0.3, -0.25) is 4.99 Å². The van der Waals surface area contributed by atoms with Gasteiger partial charge in [0.25, 0.3) is 0 Å². The van der Waals surface area contributed by atoms with Crippen LogP contribution >= 0.6 is 0 Å². The average Bonchev–Trinajstić information content (AvgIpc) is 2.93. The van der Waals surface area contributed by atoms with Gasteiger partial charge in [0.05, 0.1) is 12.3 Å². The lowest BCUT2D eigenvalue weighted by Gasteiger charge is -2.45. The minimum Gasteiger partial charge on any atom is -0.381 e. The molecule has 2 fully saturated rings. The molecule has 140 valence electrons. The molecule has 0 radical (unpaired) electrons. The Morgan fingerprint density at radius 1 is 1.32 bits per heavy atom. The van der Waals surface area contributed by atoms with E-state index in [1.807, 2.05) is 13.8 Å². The first-order valence-corrected chi connectivity index (χ1v) is 9.66. The quantitative estimate of drug-likeness (QED) is 0.669. The van der Waals surface area contributed by atoms with Gasteiger partial charge >= 0.3 is 0 Å². The molecule has 0 aliphatic carbocycles. The lowest BCUT2D eigenvalue weighted by Crippen LogP contribution is -2.53. The number of hydrogen-bond acceptors (Lipinski definition) is 4. The molecule has 0 bridgehead atoms. The molecule has 1 unspecified atom stereocenters. The van der Waals surface area contributed by atoms with E-state index in [4.69, 9.17) is 14.3 Å². The molecule has 0 saturated carbocycles. The number of piperidine rings is 1. The fourth-order valence-electron chi connectivity index (χ4n) is 4.18. The van der Waals surface area contributed by atoms with Gasteiger partial charge in [0.2, 0.25) is 0 Å². The third kappa shape index (κ3) is 4.35. The van der Waals surface area contributed by atoms with Gasteiger partial charge in [0.1, 0.15) is 5.76 Å². The Morgan fingerprint density at radius 3 is 2.84 bits per heavy atom. The van der Waals surface area contributed by atoms with Crippen LogP contribution in [0.1, 0.15) is 49.6 Å². The average molecular weight is 348 g/mol. The van der Waals surface area contributed by atoms with E-state index in [1.54, 1.807) is 0 Å². The molecule has 6 heteroatoms. The molecule has 2 aliphatic heterocycles. The number of guanidine groups is 1. The van der Waals surface area contributed by atoms with Crippen molar-refractivity contribution in [1.29, 1.82) is 0 Å². The summed E-state index contributed by atoms with van der Waals surface area (Å²) in [6.07, 6.45) is 5.84. The van der Waals surface area contributed by atoms with Gasteiger partial charge in [0, 0.05) is 43.8 Å². The Morgan fingerprint density at radius 2 is 2.16 bits per heavy atom.